The van der Waals surface area contributed by atoms with Gasteiger partial charge in [-0.05, 0) is 31.9 Å². The second kappa shape index (κ2) is 9.07. The Kier molecular flexibility index (Phi) is 7.43. The summed E-state index contributed by atoms with van der Waals surface area (Å²) < 4.78 is 5.81. The summed E-state index contributed by atoms with van der Waals surface area (Å²) in [6.07, 6.45) is 5.74. The predicted octanol–water partition coefficient (Wildman–Crippen LogP) is 4.08. The molecule has 0 saturated carbocycles. The molecule has 1 aromatic carbocycles. The lowest BCUT2D eigenvalue weighted by atomic mass is 10.1. The maximum Gasteiger partial charge on any atom is 0.337 e. The number of hydrogen-bond donors (Lipinski definition) is 2. The van der Waals surface area contributed by atoms with Crippen LogP contribution in [-0.2, 0) is 4.79 Å². The molecule has 0 heterocycles. The molecule has 0 saturated heterocycles. The fourth-order valence-electron chi connectivity index (χ4n) is 2.23. The highest BCUT2D eigenvalue weighted by Crippen LogP contribution is 2.24. The number of hydrogen-bond acceptors (Lipinski definition) is 3. The van der Waals surface area contributed by atoms with E-state index in [4.69, 9.17) is 9.84 Å². The minimum absolute atomic E-state index is 0.0534. The number of carboxylic acids is 1. The number of aromatic carboxylic acids is 1. The van der Waals surface area contributed by atoms with Crippen molar-refractivity contribution < 1.29 is 19.4 Å². The third kappa shape index (κ3) is 6.16. The molecule has 0 aliphatic heterocycles. The number of rotatable bonds is 9. The minimum atomic E-state index is -1.08. The molecule has 0 aliphatic rings. The minimum Gasteiger partial charge on any atom is -0.491 e. The van der Waals surface area contributed by atoms with Crippen LogP contribution in [0.1, 0.15) is 63.2 Å². The van der Waals surface area contributed by atoms with Gasteiger partial charge in [0.05, 0.1) is 17.4 Å². The number of amides is 1. The van der Waals surface area contributed by atoms with Crippen molar-refractivity contribution in [1.29, 1.82) is 0 Å². The van der Waals surface area contributed by atoms with Crippen molar-refractivity contribution in [3.63, 3.8) is 0 Å². The van der Waals surface area contributed by atoms with E-state index in [2.05, 4.69) is 12.2 Å². The van der Waals surface area contributed by atoms with Crippen LogP contribution in [0, 0.1) is 0 Å². The Hall–Kier alpha value is -2.04. The summed E-state index contributed by atoms with van der Waals surface area (Å²) in [6.45, 7) is 5.51. The molecule has 2 N–H and O–H groups in total. The maximum atomic E-state index is 11.2. The maximum absolute atomic E-state index is 11.2. The predicted molar refractivity (Wildman–Crippen MR) is 86.6 cm³/mol. The molecule has 0 bridgehead atoms. The first kappa shape index (κ1) is 18.0. The van der Waals surface area contributed by atoms with Gasteiger partial charge < -0.3 is 15.2 Å². The van der Waals surface area contributed by atoms with E-state index >= 15 is 0 Å². The van der Waals surface area contributed by atoms with Gasteiger partial charge in [-0.1, -0.05) is 26.2 Å². The van der Waals surface area contributed by atoms with Crippen LogP contribution in [0.2, 0.25) is 0 Å². The fourth-order valence-corrected chi connectivity index (χ4v) is 2.23. The lowest BCUT2D eigenvalue weighted by Gasteiger charge is -2.16. The van der Waals surface area contributed by atoms with Gasteiger partial charge in [0.1, 0.15) is 5.75 Å². The summed E-state index contributed by atoms with van der Waals surface area (Å²) in [7, 11) is 0. The molecule has 1 aromatic rings. The van der Waals surface area contributed by atoms with E-state index in [1.165, 1.54) is 32.3 Å². The van der Waals surface area contributed by atoms with Gasteiger partial charge in [0.25, 0.3) is 0 Å². The number of nitrogens with one attached hydrogen (secondary N) is 1. The normalized spacial score (nSPS) is 11.8. The molecule has 0 aliphatic carbocycles. The topological polar surface area (TPSA) is 75.6 Å². The van der Waals surface area contributed by atoms with Crippen LogP contribution in [-0.4, -0.2) is 23.1 Å². The second-order valence-corrected chi connectivity index (χ2v) is 5.47. The number of carboxylic acid groups (broad SMARTS) is 1. The zero-order valence-electron chi connectivity index (χ0n) is 13.5. The Morgan fingerprint density at radius 3 is 2.59 bits per heavy atom. The molecular weight excluding hydrogens is 282 g/mol. The third-order valence-electron chi connectivity index (χ3n) is 3.33. The van der Waals surface area contributed by atoms with Gasteiger partial charge >= 0.3 is 5.97 Å². The zero-order chi connectivity index (χ0) is 16.5. The van der Waals surface area contributed by atoms with Crippen molar-refractivity contribution in [2.75, 3.05) is 5.32 Å². The molecule has 5 heteroatoms. The SMILES string of the molecule is CCCCCC[C@@H](C)Oc1ccc(C(=O)O)c(NC(C)=O)c1. The Balaban J connectivity index is 2.70. The number of ether oxygens (including phenoxy) is 1. The number of anilines is 1. The number of carbonyl (C=O) groups excluding carboxylic acids is 1. The lowest BCUT2D eigenvalue weighted by Crippen LogP contribution is -2.14. The molecular formula is C17H25NO4. The monoisotopic (exact) mass is 307 g/mol. The molecule has 0 unspecified atom stereocenters. The van der Waals surface area contributed by atoms with E-state index < -0.39 is 5.97 Å². The number of unbranched alkanes of at least 4 members (excludes halogenated alkanes) is 3. The molecule has 1 rings (SSSR count). The molecule has 1 atom stereocenters. The Labute approximate surface area is 131 Å². The standard InChI is InChI=1S/C17H25NO4/c1-4-5-6-7-8-12(2)22-14-9-10-15(17(20)21)16(11-14)18-13(3)19/h9-12H,4-8H2,1-3H3,(H,18,19)(H,20,21)/t12-/m1/s1. The Morgan fingerprint density at radius 2 is 2.00 bits per heavy atom. The van der Waals surface area contributed by atoms with Crippen molar-refractivity contribution in [2.24, 2.45) is 0 Å². The van der Waals surface area contributed by atoms with Crippen LogP contribution in [0.15, 0.2) is 18.2 Å². The third-order valence-corrected chi connectivity index (χ3v) is 3.33. The van der Waals surface area contributed by atoms with E-state index in [1.54, 1.807) is 12.1 Å². The van der Waals surface area contributed by atoms with E-state index in [0.29, 0.717) is 5.75 Å². The van der Waals surface area contributed by atoms with Gasteiger partial charge in [0.15, 0.2) is 0 Å². The van der Waals surface area contributed by atoms with Crippen molar-refractivity contribution in [3.05, 3.63) is 23.8 Å². The van der Waals surface area contributed by atoms with Crippen LogP contribution in [0.5, 0.6) is 5.75 Å². The van der Waals surface area contributed by atoms with E-state index in [9.17, 15) is 9.59 Å². The quantitative estimate of drug-likeness (QED) is 0.674. The van der Waals surface area contributed by atoms with Gasteiger partial charge in [0.2, 0.25) is 5.91 Å². The number of benzene rings is 1. The molecule has 1 amide bonds. The van der Waals surface area contributed by atoms with Crippen LogP contribution in [0.4, 0.5) is 5.69 Å². The molecule has 0 aromatic heterocycles. The average Bonchev–Trinajstić information content (AvgIpc) is 2.43. The van der Waals surface area contributed by atoms with Crippen molar-refractivity contribution in [2.45, 2.75) is 59.0 Å². The molecule has 5 nitrogen and oxygen atoms in total. The molecule has 0 spiro atoms. The van der Waals surface area contributed by atoms with Gasteiger partial charge in [-0.15, -0.1) is 0 Å². The van der Waals surface area contributed by atoms with Crippen LogP contribution in [0.25, 0.3) is 0 Å². The molecule has 122 valence electrons. The van der Waals surface area contributed by atoms with Crippen molar-refractivity contribution >= 4 is 17.6 Å². The highest BCUT2D eigenvalue weighted by Gasteiger charge is 2.13. The molecule has 0 radical (unpaired) electrons. The van der Waals surface area contributed by atoms with E-state index in [0.717, 1.165) is 12.8 Å². The highest BCUT2D eigenvalue weighted by molar-refractivity contribution is 6.00. The Morgan fingerprint density at radius 1 is 1.27 bits per heavy atom. The molecule has 0 fully saturated rings. The van der Waals surface area contributed by atoms with Crippen molar-refractivity contribution in [1.82, 2.24) is 0 Å². The summed E-state index contributed by atoms with van der Waals surface area (Å²) in [5.41, 5.74) is 0.314. The largest absolute Gasteiger partial charge is 0.491 e. The summed E-state index contributed by atoms with van der Waals surface area (Å²) in [4.78, 5) is 22.3. The molecule has 22 heavy (non-hydrogen) atoms. The first-order valence-corrected chi connectivity index (χ1v) is 7.75. The zero-order valence-corrected chi connectivity index (χ0v) is 13.5. The first-order valence-electron chi connectivity index (χ1n) is 7.75. The summed E-state index contributed by atoms with van der Waals surface area (Å²) >= 11 is 0. The summed E-state index contributed by atoms with van der Waals surface area (Å²) in [5, 5.41) is 11.7. The van der Waals surface area contributed by atoms with E-state index in [-0.39, 0.29) is 23.3 Å². The Bertz CT molecular complexity index is 513. The van der Waals surface area contributed by atoms with Crippen LogP contribution < -0.4 is 10.1 Å². The van der Waals surface area contributed by atoms with Gasteiger partial charge in [0, 0.05) is 13.0 Å². The van der Waals surface area contributed by atoms with Gasteiger partial charge in [-0.3, -0.25) is 4.79 Å². The lowest BCUT2D eigenvalue weighted by molar-refractivity contribution is -0.114. The summed E-state index contributed by atoms with van der Waals surface area (Å²) in [6, 6.07) is 4.64. The van der Waals surface area contributed by atoms with Gasteiger partial charge in [-0.2, -0.15) is 0 Å². The second-order valence-electron chi connectivity index (χ2n) is 5.47. The van der Waals surface area contributed by atoms with Gasteiger partial charge in [-0.25, -0.2) is 4.79 Å². The summed E-state index contributed by atoms with van der Waals surface area (Å²) in [5.74, 6) is -0.827. The van der Waals surface area contributed by atoms with Crippen molar-refractivity contribution in [3.8, 4) is 5.75 Å². The van der Waals surface area contributed by atoms with Crippen LogP contribution in [0.3, 0.4) is 0 Å². The first-order chi connectivity index (χ1) is 10.4. The number of carbonyl (C=O) groups is 2. The fraction of sp³-hybridized carbons (Fsp3) is 0.529. The van der Waals surface area contributed by atoms with Crippen LogP contribution >= 0.6 is 0 Å². The van der Waals surface area contributed by atoms with E-state index in [1.807, 2.05) is 6.92 Å². The smallest absolute Gasteiger partial charge is 0.337 e. The average molecular weight is 307 g/mol. The highest BCUT2D eigenvalue weighted by atomic mass is 16.5.